The molecule has 1 N–H and O–H groups in total. The Hall–Kier alpha value is -1.30. The normalized spacial score (nSPS) is 13.5. The summed E-state index contributed by atoms with van der Waals surface area (Å²) in [5.41, 5.74) is 0.476. The van der Waals surface area contributed by atoms with E-state index in [2.05, 4.69) is 0 Å². The molecule has 0 spiro atoms. The van der Waals surface area contributed by atoms with Gasteiger partial charge in [-0.1, -0.05) is 6.07 Å². The molecule has 1 aromatic rings. The fourth-order valence-corrected chi connectivity index (χ4v) is 1.51. The first kappa shape index (κ1) is 14.8. The van der Waals surface area contributed by atoms with Crippen molar-refractivity contribution < 1.29 is 22.7 Å². The summed E-state index contributed by atoms with van der Waals surface area (Å²) in [7, 11) is 1.40. The Morgan fingerprint density at radius 2 is 1.94 bits per heavy atom. The number of rotatable bonds is 4. The lowest BCUT2D eigenvalue weighted by Crippen LogP contribution is -2.24. The fraction of sp³-hybridized carbons (Fsp3) is 0.500. The lowest BCUT2D eigenvalue weighted by molar-refractivity contribution is -0.132. The van der Waals surface area contributed by atoms with E-state index < -0.39 is 24.5 Å². The second kappa shape index (κ2) is 5.56. The van der Waals surface area contributed by atoms with E-state index >= 15 is 0 Å². The molecule has 0 aliphatic carbocycles. The molecule has 0 heterocycles. The molecule has 2 nitrogen and oxygen atoms in total. The molecule has 0 saturated carbocycles. The summed E-state index contributed by atoms with van der Waals surface area (Å²) < 4.78 is 49.8. The highest BCUT2D eigenvalue weighted by atomic mass is 19.4. The van der Waals surface area contributed by atoms with Gasteiger partial charge in [-0.25, -0.2) is 4.39 Å². The van der Waals surface area contributed by atoms with Gasteiger partial charge in [0, 0.05) is 13.6 Å². The van der Waals surface area contributed by atoms with E-state index in [0.717, 1.165) is 6.07 Å². The van der Waals surface area contributed by atoms with Gasteiger partial charge in [-0.05, 0) is 24.6 Å². The maximum Gasteiger partial charge on any atom is 0.390 e. The molecular weight excluding hydrogens is 250 g/mol. The first-order valence-electron chi connectivity index (χ1n) is 5.46. The Labute approximate surface area is 103 Å². The zero-order chi connectivity index (χ0) is 13.9. The fourth-order valence-electron chi connectivity index (χ4n) is 1.51. The number of alkyl halides is 3. The van der Waals surface area contributed by atoms with E-state index in [1.165, 1.54) is 31.0 Å². The van der Waals surface area contributed by atoms with Crippen molar-refractivity contribution in [3.63, 3.8) is 0 Å². The van der Waals surface area contributed by atoms with Crippen LogP contribution in [0.4, 0.5) is 23.2 Å². The number of hydrogen-bond acceptors (Lipinski definition) is 2. The Bertz CT molecular complexity index is 404. The van der Waals surface area contributed by atoms with Crippen LogP contribution < -0.4 is 4.90 Å². The predicted molar refractivity (Wildman–Crippen MR) is 61.0 cm³/mol. The van der Waals surface area contributed by atoms with E-state index in [0.29, 0.717) is 5.56 Å². The molecule has 0 unspecified atom stereocenters. The van der Waals surface area contributed by atoms with Gasteiger partial charge in [0.2, 0.25) is 0 Å². The van der Waals surface area contributed by atoms with Crippen molar-refractivity contribution in [1.82, 2.24) is 0 Å². The van der Waals surface area contributed by atoms with Crippen LogP contribution in [0.15, 0.2) is 18.2 Å². The Morgan fingerprint density at radius 3 is 2.39 bits per heavy atom. The van der Waals surface area contributed by atoms with Gasteiger partial charge in [0.25, 0.3) is 0 Å². The van der Waals surface area contributed by atoms with Gasteiger partial charge < -0.3 is 10.0 Å². The smallest absolute Gasteiger partial charge is 0.389 e. The molecule has 1 atom stereocenters. The number of anilines is 1. The molecule has 0 bridgehead atoms. The van der Waals surface area contributed by atoms with Crippen molar-refractivity contribution in [1.29, 1.82) is 0 Å². The van der Waals surface area contributed by atoms with Crippen molar-refractivity contribution in [3.8, 4) is 0 Å². The third kappa shape index (κ3) is 4.18. The highest BCUT2D eigenvalue weighted by Crippen LogP contribution is 2.25. The van der Waals surface area contributed by atoms with Crippen LogP contribution >= 0.6 is 0 Å². The van der Waals surface area contributed by atoms with Crippen molar-refractivity contribution in [3.05, 3.63) is 29.6 Å². The quantitative estimate of drug-likeness (QED) is 0.845. The molecule has 0 amide bonds. The number of nitrogens with zero attached hydrogens (tertiary/aromatic N) is 1. The number of halogens is 4. The average Bonchev–Trinajstić information content (AvgIpc) is 2.24. The molecule has 1 rings (SSSR count). The van der Waals surface area contributed by atoms with Gasteiger partial charge in [-0.2, -0.15) is 13.2 Å². The minimum absolute atomic E-state index is 0.0867. The van der Waals surface area contributed by atoms with Crippen LogP contribution in [0.25, 0.3) is 0 Å². The summed E-state index contributed by atoms with van der Waals surface area (Å²) in [4.78, 5) is 1.20. The molecule has 0 radical (unpaired) electrons. The zero-order valence-corrected chi connectivity index (χ0v) is 10.1. The van der Waals surface area contributed by atoms with Gasteiger partial charge in [-0.3, -0.25) is 0 Å². The number of aliphatic hydroxyl groups excluding tert-OH is 1. The van der Waals surface area contributed by atoms with Gasteiger partial charge in [0.1, 0.15) is 5.82 Å². The minimum Gasteiger partial charge on any atom is -0.389 e. The Morgan fingerprint density at radius 1 is 1.33 bits per heavy atom. The summed E-state index contributed by atoms with van der Waals surface area (Å²) >= 11 is 0. The van der Waals surface area contributed by atoms with Crippen molar-refractivity contribution in [2.45, 2.75) is 25.6 Å². The standard InChI is InChI=1S/C12H15F4NO/c1-8(18)9-3-4-11(10(13)7-9)17(2)6-5-12(14,15)16/h3-4,7-8,18H,5-6H2,1-2H3/t8-/m1/s1. The molecule has 18 heavy (non-hydrogen) atoms. The summed E-state index contributed by atoms with van der Waals surface area (Å²) in [6, 6.07) is 3.99. The third-order valence-electron chi connectivity index (χ3n) is 2.60. The first-order chi connectivity index (χ1) is 8.20. The second-order valence-corrected chi connectivity index (χ2v) is 4.17. The Kier molecular flexibility index (Phi) is 4.56. The summed E-state index contributed by atoms with van der Waals surface area (Å²) in [5, 5.41) is 9.26. The first-order valence-corrected chi connectivity index (χ1v) is 5.46. The predicted octanol–water partition coefficient (Wildman–Crippen LogP) is 3.27. The molecule has 0 aromatic heterocycles. The summed E-state index contributed by atoms with van der Waals surface area (Å²) in [6.45, 7) is 1.18. The zero-order valence-electron chi connectivity index (χ0n) is 10.1. The number of benzene rings is 1. The third-order valence-corrected chi connectivity index (χ3v) is 2.60. The summed E-state index contributed by atoms with van der Waals surface area (Å²) in [6.07, 6.45) is -6.07. The monoisotopic (exact) mass is 265 g/mol. The lowest BCUT2D eigenvalue weighted by atomic mass is 10.1. The van der Waals surface area contributed by atoms with Crippen LogP contribution in [0.1, 0.15) is 25.0 Å². The molecular formula is C12H15F4NO. The van der Waals surface area contributed by atoms with Gasteiger partial charge >= 0.3 is 6.18 Å². The van der Waals surface area contributed by atoms with Crippen molar-refractivity contribution >= 4 is 5.69 Å². The van der Waals surface area contributed by atoms with Crippen LogP contribution in [0.3, 0.4) is 0 Å². The van der Waals surface area contributed by atoms with Crippen LogP contribution in [0, 0.1) is 5.82 Å². The molecule has 102 valence electrons. The Balaban J connectivity index is 2.77. The van der Waals surface area contributed by atoms with Crippen molar-refractivity contribution in [2.75, 3.05) is 18.5 Å². The number of aliphatic hydroxyl groups is 1. The van der Waals surface area contributed by atoms with Gasteiger partial charge in [0.15, 0.2) is 0 Å². The topological polar surface area (TPSA) is 23.5 Å². The van der Waals surface area contributed by atoms with Gasteiger partial charge in [0.05, 0.1) is 18.2 Å². The average molecular weight is 265 g/mol. The largest absolute Gasteiger partial charge is 0.390 e. The van der Waals surface area contributed by atoms with Crippen LogP contribution in [-0.2, 0) is 0 Å². The molecule has 0 fully saturated rings. The van der Waals surface area contributed by atoms with Crippen LogP contribution in [0.2, 0.25) is 0 Å². The molecule has 0 saturated heterocycles. The highest BCUT2D eigenvalue weighted by Gasteiger charge is 2.27. The maximum absolute atomic E-state index is 13.6. The van der Waals surface area contributed by atoms with Gasteiger partial charge in [-0.15, -0.1) is 0 Å². The van der Waals surface area contributed by atoms with Crippen LogP contribution in [-0.4, -0.2) is 24.9 Å². The highest BCUT2D eigenvalue weighted by molar-refractivity contribution is 5.48. The molecule has 0 aliphatic rings. The molecule has 0 aliphatic heterocycles. The summed E-state index contributed by atoms with van der Waals surface area (Å²) in [5.74, 6) is -0.641. The minimum atomic E-state index is -4.26. The lowest BCUT2D eigenvalue weighted by Gasteiger charge is -2.21. The van der Waals surface area contributed by atoms with E-state index in [1.807, 2.05) is 0 Å². The SMILES string of the molecule is C[C@@H](O)c1ccc(N(C)CCC(F)(F)F)c(F)c1. The van der Waals surface area contributed by atoms with Crippen molar-refractivity contribution in [2.24, 2.45) is 0 Å². The van der Waals surface area contributed by atoms with Crippen LogP contribution in [0.5, 0.6) is 0 Å². The molecule has 6 heteroatoms. The van der Waals surface area contributed by atoms with E-state index in [1.54, 1.807) is 0 Å². The van der Waals surface area contributed by atoms with E-state index in [-0.39, 0.29) is 12.2 Å². The maximum atomic E-state index is 13.6. The second-order valence-electron chi connectivity index (χ2n) is 4.17. The van der Waals surface area contributed by atoms with E-state index in [4.69, 9.17) is 0 Å². The number of hydrogen-bond donors (Lipinski definition) is 1. The van der Waals surface area contributed by atoms with E-state index in [9.17, 15) is 22.7 Å². The molecule has 1 aromatic carbocycles.